The first-order chi connectivity index (χ1) is 1.91. The molecular formula is C3H3Sn. The molecule has 1 heteroatoms. The quantitative estimate of drug-likeness (QED) is 0.347. The van der Waals surface area contributed by atoms with Crippen molar-refractivity contribution >= 4 is 22.5 Å². The normalized spacial score (nSPS) is 3.50. The van der Waals surface area contributed by atoms with Gasteiger partial charge < -0.3 is 0 Å². The Labute approximate surface area is 39.7 Å². The molecule has 0 bridgehead atoms. The Bertz CT molecular complexity index is 40.0. The first-order valence-electron chi connectivity index (χ1n) is 1.00. The van der Waals surface area contributed by atoms with Crippen molar-refractivity contribution < 1.29 is 0 Å². The summed E-state index contributed by atoms with van der Waals surface area (Å²) in [7, 11) is 0. The van der Waals surface area contributed by atoms with Gasteiger partial charge in [-0.3, -0.25) is 0 Å². The van der Waals surface area contributed by atoms with Crippen LogP contribution < -0.4 is 0 Å². The number of hydrogen-bond donors (Lipinski definition) is 0. The second-order valence-corrected chi connectivity index (χ2v) is 1.09. The van der Waals surface area contributed by atoms with E-state index in [0.29, 0.717) is 0 Å². The maximum atomic E-state index is 2.77. The van der Waals surface area contributed by atoms with Gasteiger partial charge in [0.25, 0.3) is 0 Å². The van der Waals surface area contributed by atoms with E-state index in [-0.39, 0.29) is 0 Å². The fourth-order valence-electron chi connectivity index (χ4n) is 0. The van der Waals surface area contributed by atoms with Gasteiger partial charge in [0, 0.05) is 0 Å². The Balaban J connectivity index is 2.83. The molecule has 0 N–H and O–H groups in total. The third-order valence-corrected chi connectivity index (χ3v) is 0.839. The van der Waals surface area contributed by atoms with Crippen molar-refractivity contribution in [1.82, 2.24) is 0 Å². The number of hydrogen-bond acceptors (Lipinski definition) is 0. The molecule has 4 heavy (non-hydrogen) atoms. The van der Waals surface area contributed by atoms with Gasteiger partial charge in [0.15, 0.2) is 0 Å². The van der Waals surface area contributed by atoms with Crippen LogP contribution in [0.15, 0.2) is 0 Å². The Morgan fingerprint density at radius 2 is 2.00 bits per heavy atom. The van der Waals surface area contributed by atoms with Gasteiger partial charge >= 0.3 is 39.3 Å². The van der Waals surface area contributed by atoms with Crippen molar-refractivity contribution in [1.29, 1.82) is 0 Å². The molecule has 0 nitrogen and oxygen atoms in total. The molecule has 0 saturated heterocycles. The molecule has 0 atom stereocenters. The average molecular weight is 158 g/mol. The van der Waals surface area contributed by atoms with Crippen LogP contribution in [-0.2, 0) is 0 Å². The second kappa shape index (κ2) is 3.36. The zero-order chi connectivity index (χ0) is 3.41. The van der Waals surface area contributed by atoms with Gasteiger partial charge in [-0.2, -0.15) is 0 Å². The summed E-state index contributed by atoms with van der Waals surface area (Å²) >= 11 is 1.31. The van der Waals surface area contributed by atoms with Crippen LogP contribution in [0.3, 0.4) is 0 Å². The SMILES string of the molecule is CC#[C][Sn]. The molecule has 0 aliphatic rings. The van der Waals surface area contributed by atoms with Crippen LogP contribution in [0.25, 0.3) is 0 Å². The van der Waals surface area contributed by atoms with Crippen molar-refractivity contribution in [3.63, 3.8) is 0 Å². The zero-order valence-electron chi connectivity index (χ0n) is 2.50. The van der Waals surface area contributed by atoms with Crippen LogP contribution in [0.1, 0.15) is 6.92 Å². The molecule has 0 fully saturated rings. The molecule has 0 aliphatic carbocycles. The van der Waals surface area contributed by atoms with Gasteiger partial charge in [-0.1, -0.05) is 0 Å². The van der Waals surface area contributed by atoms with Crippen molar-refractivity contribution in [2.45, 2.75) is 6.92 Å². The second-order valence-electron chi connectivity index (χ2n) is 0.375. The van der Waals surface area contributed by atoms with E-state index >= 15 is 0 Å². The molecule has 0 aromatic heterocycles. The summed E-state index contributed by atoms with van der Waals surface area (Å²) in [6.45, 7) is 1.84. The molecule has 19 valence electrons. The van der Waals surface area contributed by atoms with Crippen LogP contribution in [0.2, 0.25) is 0 Å². The van der Waals surface area contributed by atoms with Crippen molar-refractivity contribution in [2.75, 3.05) is 0 Å². The molecule has 0 aromatic carbocycles. The van der Waals surface area contributed by atoms with Crippen molar-refractivity contribution in [3.8, 4) is 9.86 Å². The Hall–Kier alpha value is 0.359. The standard InChI is InChI=1S/C3H3.Sn/c1-3-2;/h1H3;. The minimum atomic E-state index is 1.31. The summed E-state index contributed by atoms with van der Waals surface area (Å²) in [5.41, 5.74) is 0. The third-order valence-electron chi connectivity index (χ3n) is 0.125. The maximum absolute atomic E-state index is 2.77. The van der Waals surface area contributed by atoms with E-state index in [1.807, 2.05) is 6.92 Å². The van der Waals surface area contributed by atoms with Gasteiger partial charge in [-0.25, -0.2) is 0 Å². The van der Waals surface area contributed by atoms with E-state index in [1.165, 1.54) is 22.5 Å². The van der Waals surface area contributed by atoms with E-state index in [2.05, 4.69) is 9.86 Å². The van der Waals surface area contributed by atoms with Crippen LogP contribution in [0, 0.1) is 9.86 Å². The fourth-order valence-corrected chi connectivity index (χ4v) is 0. The van der Waals surface area contributed by atoms with E-state index in [0.717, 1.165) is 0 Å². The van der Waals surface area contributed by atoms with Crippen LogP contribution in [0.5, 0.6) is 0 Å². The van der Waals surface area contributed by atoms with Crippen molar-refractivity contribution in [3.05, 3.63) is 0 Å². The molecule has 0 aromatic rings. The van der Waals surface area contributed by atoms with Gasteiger partial charge in [-0.05, 0) is 0 Å². The topological polar surface area (TPSA) is 0 Å². The fraction of sp³-hybridized carbons (Fsp3) is 0.333. The summed E-state index contributed by atoms with van der Waals surface area (Å²) in [6, 6.07) is 0. The molecule has 0 amide bonds. The zero-order valence-corrected chi connectivity index (χ0v) is 5.35. The molecule has 0 heterocycles. The minimum absolute atomic E-state index is 1.31. The molecule has 3 radical (unpaired) electrons. The van der Waals surface area contributed by atoms with E-state index < -0.39 is 0 Å². The summed E-state index contributed by atoms with van der Waals surface area (Å²) in [6.07, 6.45) is 0. The van der Waals surface area contributed by atoms with E-state index in [9.17, 15) is 0 Å². The number of rotatable bonds is 0. The molecular weight excluding hydrogens is 155 g/mol. The van der Waals surface area contributed by atoms with E-state index in [4.69, 9.17) is 0 Å². The molecule has 0 saturated carbocycles. The monoisotopic (exact) mass is 159 g/mol. The molecule has 0 rings (SSSR count). The molecule has 0 aliphatic heterocycles. The summed E-state index contributed by atoms with van der Waals surface area (Å²) in [5, 5.41) is 0. The summed E-state index contributed by atoms with van der Waals surface area (Å²) in [4.78, 5) is 0. The van der Waals surface area contributed by atoms with E-state index in [1.54, 1.807) is 0 Å². The Kier molecular flexibility index (Phi) is 3.66. The van der Waals surface area contributed by atoms with Crippen LogP contribution >= 0.6 is 0 Å². The Morgan fingerprint density at radius 3 is 2.00 bits per heavy atom. The first kappa shape index (κ1) is 4.36. The van der Waals surface area contributed by atoms with Crippen LogP contribution in [-0.4, -0.2) is 22.5 Å². The predicted octanol–water partition coefficient (Wildman–Crippen LogP) is 0.136. The van der Waals surface area contributed by atoms with Crippen molar-refractivity contribution in [2.24, 2.45) is 0 Å². The predicted molar refractivity (Wildman–Crippen MR) is 19.2 cm³/mol. The summed E-state index contributed by atoms with van der Waals surface area (Å²) < 4.78 is 2.77. The average Bonchev–Trinajstić information content (AvgIpc) is 1.37. The molecule has 0 unspecified atom stereocenters. The third kappa shape index (κ3) is 2.36. The van der Waals surface area contributed by atoms with Gasteiger partial charge in [0.05, 0.1) is 0 Å². The molecule has 0 spiro atoms. The summed E-state index contributed by atoms with van der Waals surface area (Å²) in [5.74, 6) is 2.72. The van der Waals surface area contributed by atoms with Crippen LogP contribution in [0.4, 0.5) is 0 Å². The van der Waals surface area contributed by atoms with Gasteiger partial charge in [0.2, 0.25) is 0 Å². The van der Waals surface area contributed by atoms with Gasteiger partial charge in [-0.15, -0.1) is 0 Å². The Morgan fingerprint density at radius 1 is 1.75 bits per heavy atom. The first-order valence-corrected chi connectivity index (χ1v) is 2.43. The van der Waals surface area contributed by atoms with Gasteiger partial charge in [0.1, 0.15) is 0 Å².